The number of halogens is 1. The third-order valence-electron chi connectivity index (χ3n) is 4.08. The minimum absolute atomic E-state index is 0.00101. The number of aromatic nitrogens is 1. The monoisotopic (exact) mass is 300 g/mol. The molecular weight excluding hydrogens is 279 g/mol. The van der Waals surface area contributed by atoms with Gasteiger partial charge in [0.05, 0.1) is 6.04 Å². The van der Waals surface area contributed by atoms with Crippen molar-refractivity contribution in [2.75, 3.05) is 20.1 Å². The van der Waals surface area contributed by atoms with E-state index in [1.54, 1.807) is 6.07 Å². The molecule has 2 N–H and O–H groups in total. The second-order valence-electron chi connectivity index (χ2n) is 5.84. The Labute approximate surface area is 130 Å². The van der Waals surface area contributed by atoms with Crippen molar-refractivity contribution in [3.8, 4) is 0 Å². The van der Waals surface area contributed by atoms with Gasteiger partial charge in [0, 0.05) is 43.5 Å². The molecule has 1 saturated heterocycles. The van der Waals surface area contributed by atoms with Gasteiger partial charge in [-0.3, -0.25) is 10.4 Å². The summed E-state index contributed by atoms with van der Waals surface area (Å²) in [7, 11) is 2.09. The molecule has 5 heteroatoms. The lowest BCUT2D eigenvalue weighted by Gasteiger charge is -2.25. The molecule has 2 unspecified atom stereocenters. The highest BCUT2D eigenvalue weighted by atomic mass is 19.1. The molecule has 0 spiro atoms. The van der Waals surface area contributed by atoms with Gasteiger partial charge >= 0.3 is 0 Å². The highest BCUT2D eigenvalue weighted by molar-refractivity contribution is 5.23. The summed E-state index contributed by atoms with van der Waals surface area (Å²) in [4.78, 5) is 6.30. The Bertz CT molecular complexity index is 605. The van der Waals surface area contributed by atoms with Crippen LogP contribution in [0.15, 0.2) is 48.8 Å². The van der Waals surface area contributed by atoms with Crippen LogP contribution in [0.3, 0.4) is 0 Å². The third-order valence-corrected chi connectivity index (χ3v) is 4.08. The molecule has 2 aromatic rings. The van der Waals surface area contributed by atoms with Crippen molar-refractivity contribution >= 4 is 0 Å². The number of nitrogens with zero attached hydrogens (tertiary/aromatic N) is 2. The number of pyridine rings is 1. The van der Waals surface area contributed by atoms with Gasteiger partial charge in [-0.2, -0.15) is 0 Å². The summed E-state index contributed by atoms with van der Waals surface area (Å²) < 4.78 is 14.0. The molecular formula is C17H21FN4. The Morgan fingerprint density at radius 1 is 1.23 bits per heavy atom. The minimum atomic E-state index is -0.148. The molecule has 22 heavy (non-hydrogen) atoms. The molecule has 1 aromatic carbocycles. The first kappa shape index (κ1) is 15.1. The molecule has 1 fully saturated rings. The largest absolute Gasteiger partial charge is 0.302 e. The van der Waals surface area contributed by atoms with Gasteiger partial charge in [-0.25, -0.2) is 9.82 Å². The fourth-order valence-corrected chi connectivity index (χ4v) is 3.03. The molecule has 1 aliphatic rings. The van der Waals surface area contributed by atoms with Gasteiger partial charge in [-0.05, 0) is 30.8 Å². The second-order valence-corrected chi connectivity index (χ2v) is 5.84. The van der Waals surface area contributed by atoms with Crippen molar-refractivity contribution in [3.05, 3.63) is 65.7 Å². The van der Waals surface area contributed by atoms with Gasteiger partial charge in [-0.15, -0.1) is 0 Å². The fraction of sp³-hybridized carbons (Fsp3) is 0.353. The van der Waals surface area contributed by atoms with Crippen LogP contribution in [0, 0.1) is 11.7 Å². The van der Waals surface area contributed by atoms with E-state index in [1.165, 1.54) is 11.6 Å². The molecule has 0 bridgehead atoms. The van der Waals surface area contributed by atoms with Crippen LogP contribution >= 0.6 is 0 Å². The minimum Gasteiger partial charge on any atom is -0.302 e. The molecule has 116 valence electrons. The first-order valence-electron chi connectivity index (χ1n) is 7.54. The lowest BCUT2D eigenvalue weighted by molar-refractivity contribution is 0.260. The van der Waals surface area contributed by atoms with Crippen molar-refractivity contribution in [1.29, 1.82) is 0 Å². The summed E-state index contributed by atoms with van der Waals surface area (Å²) in [6, 6.07) is 11.0. The van der Waals surface area contributed by atoms with E-state index in [0.29, 0.717) is 5.92 Å². The van der Waals surface area contributed by atoms with Crippen molar-refractivity contribution < 1.29 is 4.39 Å². The topological polar surface area (TPSA) is 40.2 Å². The van der Waals surface area contributed by atoms with E-state index < -0.39 is 0 Å². The standard InChI is InChI=1S/C17H21FN4/c1-22(11-13-6-8-19-9-7-13)12-14-10-20-21-17(14)15-4-2-3-5-16(15)18/h2-9,14,17,20-21H,10-12H2,1H3. The first-order valence-corrected chi connectivity index (χ1v) is 7.54. The number of hydrazine groups is 1. The molecule has 0 radical (unpaired) electrons. The lowest BCUT2D eigenvalue weighted by Crippen LogP contribution is -2.30. The van der Waals surface area contributed by atoms with E-state index in [9.17, 15) is 4.39 Å². The maximum Gasteiger partial charge on any atom is 0.128 e. The molecule has 1 aliphatic heterocycles. The SMILES string of the molecule is CN(Cc1ccncc1)CC1CNNC1c1ccccc1F. The number of rotatable bonds is 5. The van der Waals surface area contributed by atoms with Crippen LogP contribution < -0.4 is 10.9 Å². The quantitative estimate of drug-likeness (QED) is 0.887. The van der Waals surface area contributed by atoms with Gasteiger partial charge in [0.1, 0.15) is 5.82 Å². The number of hydrogen-bond donors (Lipinski definition) is 2. The third kappa shape index (κ3) is 3.50. The Balaban J connectivity index is 1.65. The number of benzene rings is 1. The van der Waals surface area contributed by atoms with Crippen LogP contribution in [0.4, 0.5) is 4.39 Å². The van der Waals surface area contributed by atoms with Crippen LogP contribution in [0.5, 0.6) is 0 Å². The number of nitrogens with one attached hydrogen (secondary N) is 2. The molecule has 0 aliphatic carbocycles. The Morgan fingerprint density at radius 3 is 2.77 bits per heavy atom. The zero-order valence-corrected chi connectivity index (χ0v) is 12.7. The summed E-state index contributed by atoms with van der Waals surface area (Å²) in [6.07, 6.45) is 3.62. The molecule has 0 amide bonds. The fourth-order valence-electron chi connectivity index (χ4n) is 3.03. The maximum absolute atomic E-state index is 14.0. The van der Waals surface area contributed by atoms with Gasteiger partial charge < -0.3 is 4.90 Å². The van der Waals surface area contributed by atoms with Crippen LogP contribution in [0.1, 0.15) is 17.2 Å². The average molecular weight is 300 g/mol. The van der Waals surface area contributed by atoms with Crippen molar-refractivity contribution in [3.63, 3.8) is 0 Å². The van der Waals surface area contributed by atoms with E-state index in [2.05, 4.69) is 27.8 Å². The predicted molar refractivity (Wildman–Crippen MR) is 84.3 cm³/mol. The van der Waals surface area contributed by atoms with E-state index in [0.717, 1.165) is 25.2 Å². The Morgan fingerprint density at radius 2 is 2.00 bits per heavy atom. The lowest BCUT2D eigenvalue weighted by atomic mass is 9.94. The predicted octanol–water partition coefficient (Wildman–Crippen LogP) is 2.12. The summed E-state index contributed by atoms with van der Waals surface area (Å²) >= 11 is 0. The van der Waals surface area contributed by atoms with E-state index >= 15 is 0 Å². The van der Waals surface area contributed by atoms with E-state index in [-0.39, 0.29) is 11.9 Å². The van der Waals surface area contributed by atoms with Crippen LogP contribution in [0.25, 0.3) is 0 Å². The first-order chi connectivity index (χ1) is 10.7. The Hall–Kier alpha value is -1.82. The summed E-state index contributed by atoms with van der Waals surface area (Å²) in [5, 5.41) is 0. The average Bonchev–Trinajstić information content (AvgIpc) is 2.96. The normalized spacial score (nSPS) is 21.4. The van der Waals surface area contributed by atoms with Crippen molar-refractivity contribution in [2.24, 2.45) is 5.92 Å². The van der Waals surface area contributed by atoms with Crippen LogP contribution in [-0.2, 0) is 6.54 Å². The van der Waals surface area contributed by atoms with Gasteiger partial charge in [0.25, 0.3) is 0 Å². The van der Waals surface area contributed by atoms with Gasteiger partial charge in [0.2, 0.25) is 0 Å². The van der Waals surface area contributed by atoms with Crippen molar-refractivity contribution in [1.82, 2.24) is 20.7 Å². The Kier molecular flexibility index (Phi) is 4.77. The smallest absolute Gasteiger partial charge is 0.128 e. The van der Waals surface area contributed by atoms with E-state index in [1.807, 2.05) is 36.7 Å². The van der Waals surface area contributed by atoms with Gasteiger partial charge in [-0.1, -0.05) is 18.2 Å². The second kappa shape index (κ2) is 6.96. The zero-order valence-electron chi connectivity index (χ0n) is 12.7. The molecule has 1 aromatic heterocycles. The molecule has 3 rings (SSSR count). The molecule has 0 saturated carbocycles. The molecule has 2 heterocycles. The highest BCUT2D eigenvalue weighted by Gasteiger charge is 2.30. The van der Waals surface area contributed by atoms with E-state index in [4.69, 9.17) is 0 Å². The number of hydrogen-bond acceptors (Lipinski definition) is 4. The summed E-state index contributed by atoms with van der Waals surface area (Å²) in [6.45, 7) is 2.59. The van der Waals surface area contributed by atoms with Crippen LogP contribution in [-0.4, -0.2) is 30.0 Å². The highest BCUT2D eigenvalue weighted by Crippen LogP contribution is 2.27. The molecule has 4 nitrogen and oxygen atoms in total. The molecule has 2 atom stereocenters. The summed E-state index contributed by atoms with van der Waals surface area (Å²) in [5.74, 6) is 0.175. The summed E-state index contributed by atoms with van der Waals surface area (Å²) in [5.41, 5.74) is 8.34. The van der Waals surface area contributed by atoms with Crippen LogP contribution in [0.2, 0.25) is 0 Å². The zero-order chi connectivity index (χ0) is 15.4. The van der Waals surface area contributed by atoms with Gasteiger partial charge in [0.15, 0.2) is 0 Å². The maximum atomic E-state index is 14.0. The van der Waals surface area contributed by atoms with Crippen molar-refractivity contribution in [2.45, 2.75) is 12.6 Å².